The highest BCUT2D eigenvalue weighted by atomic mass is 19.1. The summed E-state index contributed by atoms with van der Waals surface area (Å²) in [7, 11) is 0. The highest BCUT2D eigenvalue weighted by Gasteiger charge is 2.23. The van der Waals surface area contributed by atoms with Gasteiger partial charge in [-0.3, -0.25) is 4.79 Å². The maximum atomic E-state index is 14.9. The zero-order valence-electron chi connectivity index (χ0n) is 15.5. The van der Waals surface area contributed by atoms with E-state index in [-0.39, 0.29) is 17.4 Å². The third kappa shape index (κ3) is 3.08. The Bertz CT molecular complexity index is 1040. The molecule has 1 aromatic carbocycles. The molecule has 0 saturated heterocycles. The van der Waals surface area contributed by atoms with Crippen molar-refractivity contribution in [1.82, 2.24) is 15.5 Å². The summed E-state index contributed by atoms with van der Waals surface area (Å²) in [6.45, 7) is 7.08. The molecule has 0 spiro atoms. The molecule has 4 rings (SSSR count). The van der Waals surface area contributed by atoms with Gasteiger partial charge in [0.2, 0.25) is 0 Å². The van der Waals surface area contributed by atoms with Crippen molar-refractivity contribution in [3.63, 3.8) is 0 Å². The number of pyridine rings is 1. The highest BCUT2D eigenvalue weighted by molar-refractivity contribution is 6.12. The number of nitrogens with zero attached hydrogens (tertiary/aromatic N) is 2. The first kappa shape index (κ1) is 17.6. The van der Waals surface area contributed by atoms with Crippen LogP contribution < -0.4 is 10.6 Å². The number of nitrogens with one attached hydrogen (secondary N) is 2. The molecular formula is C20H21FN4O2. The van der Waals surface area contributed by atoms with E-state index in [2.05, 4.69) is 20.8 Å². The number of aromatic nitrogens is 2. The molecule has 0 unspecified atom stereocenters. The van der Waals surface area contributed by atoms with E-state index in [0.29, 0.717) is 46.6 Å². The van der Waals surface area contributed by atoms with Crippen molar-refractivity contribution in [2.45, 2.75) is 39.7 Å². The standard InChI is InChI=1S/C20H21FN4O2/c1-10(2)18-16-14(8-11(3)23-20(16)27-25-18)19(26)24-15-5-4-12-9-22-7-6-13(12)17(15)21/h4-5,8,10,22H,6-7,9H2,1-3H3,(H,24,26). The first-order valence-corrected chi connectivity index (χ1v) is 9.05. The van der Waals surface area contributed by atoms with Gasteiger partial charge < -0.3 is 15.2 Å². The molecule has 140 valence electrons. The fourth-order valence-corrected chi connectivity index (χ4v) is 3.49. The zero-order chi connectivity index (χ0) is 19.1. The van der Waals surface area contributed by atoms with Gasteiger partial charge in [0.1, 0.15) is 5.82 Å². The van der Waals surface area contributed by atoms with Crippen molar-refractivity contribution in [2.75, 3.05) is 11.9 Å². The minimum absolute atomic E-state index is 0.0651. The first-order chi connectivity index (χ1) is 13.0. The summed E-state index contributed by atoms with van der Waals surface area (Å²) in [6.07, 6.45) is 0.604. The van der Waals surface area contributed by atoms with Crippen LogP contribution in [0.2, 0.25) is 0 Å². The van der Waals surface area contributed by atoms with Gasteiger partial charge in [-0.2, -0.15) is 0 Å². The molecule has 27 heavy (non-hydrogen) atoms. The summed E-state index contributed by atoms with van der Waals surface area (Å²) in [4.78, 5) is 17.3. The lowest BCUT2D eigenvalue weighted by molar-refractivity contribution is 0.102. The molecule has 1 amide bonds. The molecule has 0 radical (unpaired) electrons. The van der Waals surface area contributed by atoms with Gasteiger partial charge in [0.25, 0.3) is 11.6 Å². The van der Waals surface area contributed by atoms with Gasteiger partial charge in [0.15, 0.2) is 0 Å². The average molecular weight is 368 g/mol. The molecule has 1 aliphatic heterocycles. The first-order valence-electron chi connectivity index (χ1n) is 9.05. The van der Waals surface area contributed by atoms with Crippen molar-refractivity contribution in [3.8, 4) is 0 Å². The zero-order valence-corrected chi connectivity index (χ0v) is 15.5. The second-order valence-corrected chi connectivity index (χ2v) is 7.16. The van der Waals surface area contributed by atoms with Crippen molar-refractivity contribution in [3.05, 3.63) is 52.1 Å². The number of amides is 1. The minimum Gasteiger partial charge on any atom is -0.335 e. The smallest absolute Gasteiger partial charge is 0.259 e. The number of hydrogen-bond donors (Lipinski definition) is 2. The lowest BCUT2D eigenvalue weighted by Gasteiger charge is -2.19. The Labute approximate surface area is 156 Å². The summed E-state index contributed by atoms with van der Waals surface area (Å²) >= 11 is 0. The fraction of sp³-hybridized carbons (Fsp3) is 0.350. The van der Waals surface area contributed by atoms with Gasteiger partial charge in [0.05, 0.1) is 22.3 Å². The maximum Gasteiger partial charge on any atom is 0.259 e. The largest absolute Gasteiger partial charge is 0.335 e. The Morgan fingerprint density at radius 1 is 1.37 bits per heavy atom. The van der Waals surface area contributed by atoms with E-state index in [4.69, 9.17) is 4.52 Å². The number of rotatable bonds is 3. The van der Waals surface area contributed by atoms with E-state index < -0.39 is 5.91 Å². The van der Waals surface area contributed by atoms with Crippen molar-refractivity contribution >= 4 is 22.7 Å². The van der Waals surface area contributed by atoms with Crippen LogP contribution in [0.3, 0.4) is 0 Å². The molecule has 0 bridgehead atoms. The number of carbonyl (C=O) groups is 1. The SMILES string of the molecule is Cc1cc(C(=O)Nc2ccc3c(c2F)CCNC3)c2c(C(C)C)noc2n1. The third-order valence-electron chi connectivity index (χ3n) is 4.85. The summed E-state index contributed by atoms with van der Waals surface area (Å²) < 4.78 is 20.2. The van der Waals surface area contributed by atoms with Crippen LogP contribution in [0.4, 0.5) is 10.1 Å². The lowest BCUT2D eigenvalue weighted by Crippen LogP contribution is -2.25. The van der Waals surface area contributed by atoms with E-state index in [1.54, 1.807) is 19.1 Å². The number of aryl methyl sites for hydroxylation is 1. The number of anilines is 1. The molecule has 0 aliphatic carbocycles. The Morgan fingerprint density at radius 3 is 2.96 bits per heavy atom. The monoisotopic (exact) mass is 368 g/mol. The van der Waals surface area contributed by atoms with Gasteiger partial charge in [0, 0.05) is 12.2 Å². The number of halogens is 1. The third-order valence-corrected chi connectivity index (χ3v) is 4.85. The average Bonchev–Trinajstić information content (AvgIpc) is 3.07. The van der Waals surface area contributed by atoms with Crippen LogP contribution in [0.25, 0.3) is 11.1 Å². The fourth-order valence-electron chi connectivity index (χ4n) is 3.49. The molecular weight excluding hydrogens is 347 g/mol. The molecule has 2 N–H and O–H groups in total. The summed E-state index contributed by atoms with van der Waals surface area (Å²) in [5.41, 5.74) is 3.79. The second-order valence-electron chi connectivity index (χ2n) is 7.16. The molecule has 6 nitrogen and oxygen atoms in total. The van der Waals surface area contributed by atoms with Crippen molar-refractivity contribution in [1.29, 1.82) is 0 Å². The quantitative estimate of drug-likeness (QED) is 0.737. The molecule has 0 saturated carbocycles. The van der Waals surface area contributed by atoms with Gasteiger partial charge in [-0.05, 0) is 49.1 Å². The van der Waals surface area contributed by atoms with Crippen LogP contribution in [-0.4, -0.2) is 22.6 Å². The Morgan fingerprint density at radius 2 is 2.19 bits per heavy atom. The minimum atomic E-state index is -0.400. The van der Waals surface area contributed by atoms with Crippen molar-refractivity contribution in [2.24, 2.45) is 0 Å². The second kappa shape index (κ2) is 6.74. The van der Waals surface area contributed by atoms with Gasteiger partial charge in [-0.25, -0.2) is 9.37 Å². The van der Waals surface area contributed by atoms with Crippen LogP contribution in [0, 0.1) is 12.7 Å². The summed E-state index contributed by atoms with van der Waals surface area (Å²) in [6, 6.07) is 5.15. The number of benzene rings is 1. The van der Waals surface area contributed by atoms with Gasteiger partial charge >= 0.3 is 0 Å². The van der Waals surface area contributed by atoms with Crippen LogP contribution in [0.1, 0.15) is 52.6 Å². The van der Waals surface area contributed by atoms with E-state index in [9.17, 15) is 9.18 Å². The summed E-state index contributed by atoms with van der Waals surface area (Å²) in [5, 5.41) is 10.6. The topological polar surface area (TPSA) is 80.0 Å². The van der Waals surface area contributed by atoms with Gasteiger partial charge in [-0.1, -0.05) is 25.1 Å². The van der Waals surface area contributed by atoms with Crippen LogP contribution in [0.15, 0.2) is 22.7 Å². The highest BCUT2D eigenvalue weighted by Crippen LogP contribution is 2.29. The van der Waals surface area contributed by atoms with Crippen LogP contribution >= 0.6 is 0 Å². The molecule has 7 heteroatoms. The predicted molar refractivity (Wildman–Crippen MR) is 100 cm³/mol. The van der Waals surface area contributed by atoms with Crippen LogP contribution in [-0.2, 0) is 13.0 Å². The molecule has 3 aromatic rings. The van der Waals surface area contributed by atoms with E-state index in [1.165, 1.54) is 0 Å². The number of carbonyl (C=O) groups excluding carboxylic acids is 1. The maximum absolute atomic E-state index is 14.9. The normalized spacial score (nSPS) is 13.8. The van der Waals surface area contributed by atoms with Crippen LogP contribution in [0.5, 0.6) is 0 Å². The lowest BCUT2D eigenvalue weighted by atomic mass is 9.99. The number of hydrogen-bond acceptors (Lipinski definition) is 5. The van der Waals surface area contributed by atoms with Gasteiger partial charge in [-0.15, -0.1) is 0 Å². The van der Waals surface area contributed by atoms with E-state index in [0.717, 1.165) is 12.1 Å². The number of fused-ring (bicyclic) bond motifs is 2. The van der Waals surface area contributed by atoms with E-state index >= 15 is 0 Å². The Balaban J connectivity index is 1.75. The molecule has 0 fully saturated rings. The molecule has 3 heterocycles. The Hall–Kier alpha value is -2.80. The predicted octanol–water partition coefficient (Wildman–Crippen LogP) is 3.69. The van der Waals surface area contributed by atoms with E-state index in [1.807, 2.05) is 19.9 Å². The molecule has 0 atom stereocenters. The Kier molecular flexibility index (Phi) is 4.39. The molecule has 2 aromatic heterocycles. The molecule has 1 aliphatic rings. The summed E-state index contributed by atoms with van der Waals surface area (Å²) in [5.74, 6) is -0.697. The van der Waals surface area contributed by atoms with Crippen molar-refractivity contribution < 1.29 is 13.7 Å².